The lowest BCUT2D eigenvalue weighted by molar-refractivity contribution is -0.136. The number of alkyl halides is 3. The molecule has 0 aromatic heterocycles. The first-order valence-corrected chi connectivity index (χ1v) is 6.71. The maximum absolute atomic E-state index is 12.7. The number of hydrogen-bond donors (Lipinski definition) is 2. The summed E-state index contributed by atoms with van der Waals surface area (Å²) in [6, 6.07) is 3.33. The van der Waals surface area contributed by atoms with Gasteiger partial charge < -0.3 is 15.8 Å². The Morgan fingerprint density at radius 1 is 1.43 bits per heavy atom. The van der Waals surface area contributed by atoms with Crippen LogP contribution in [-0.4, -0.2) is 25.7 Å². The van der Waals surface area contributed by atoms with Crippen molar-refractivity contribution >= 4 is 11.6 Å². The van der Waals surface area contributed by atoms with E-state index in [1.807, 2.05) is 0 Å². The number of hydrogen-bond acceptors (Lipinski definition) is 3. The van der Waals surface area contributed by atoms with Crippen LogP contribution in [0.3, 0.4) is 0 Å². The summed E-state index contributed by atoms with van der Waals surface area (Å²) in [5, 5.41) is 2.62. The molecule has 2 rings (SSSR count). The maximum atomic E-state index is 12.7. The van der Waals surface area contributed by atoms with Crippen LogP contribution in [0.25, 0.3) is 0 Å². The summed E-state index contributed by atoms with van der Waals surface area (Å²) in [7, 11) is 0. The van der Waals surface area contributed by atoms with E-state index in [0.29, 0.717) is 19.8 Å². The second-order valence-electron chi connectivity index (χ2n) is 5.06. The first-order valence-electron chi connectivity index (χ1n) is 6.71. The molecule has 0 spiro atoms. The van der Waals surface area contributed by atoms with E-state index >= 15 is 0 Å². The highest BCUT2D eigenvalue weighted by Crippen LogP contribution is 2.34. The van der Waals surface area contributed by atoms with Gasteiger partial charge in [0.25, 0.3) is 5.91 Å². The lowest BCUT2D eigenvalue weighted by Gasteiger charge is -2.22. The van der Waals surface area contributed by atoms with E-state index in [9.17, 15) is 18.0 Å². The maximum Gasteiger partial charge on any atom is 0.418 e. The minimum atomic E-state index is -4.57. The molecule has 0 radical (unpaired) electrons. The molecular formula is C14H17F3N2O2. The van der Waals surface area contributed by atoms with E-state index < -0.39 is 23.3 Å². The highest BCUT2D eigenvalue weighted by molar-refractivity contribution is 5.99. The zero-order chi connectivity index (χ0) is 15.5. The monoisotopic (exact) mass is 302 g/mol. The van der Waals surface area contributed by atoms with Gasteiger partial charge in [-0.2, -0.15) is 13.2 Å². The van der Waals surface area contributed by atoms with Crippen LogP contribution in [0, 0.1) is 5.92 Å². The number of benzene rings is 1. The Hall–Kier alpha value is -1.76. The first kappa shape index (κ1) is 15.6. The van der Waals surface area contributed by atoms with Gasteiger partial charge in [-0.15, -0.1) is 0 Å². The highest BCUT2D eigenvalue weighted by Gasteiger charge is 2.34. The number of rotatable bonds is 3. The summed E-state index contributed by atoms with van der Waals surface area (Å²) in [4.78, 5) is 12.0. The number of anilines is 1. The van der Waals surface area contributed by atoms with Crippen molar-refractivity contribution in [3.8, 4) is 0 Å². The molecular weight excluding hydrogens is 285 g/mol. The van der Waals surface area contributed by atoms with Crippen molar-refractivity contribution in [1.82, 2.24) is 5.32 Å². The van der Waals surface area contributed by atoms with Crippen molar-refractivity contribution in [2.24, 2.45) is 5.92 Å². The number of para-hydroxylation sites is 1. The van der Waals surface area contributed by atoms with Crippen molar-refractivity contribution < 1.29 is 22.7 Å². The van der Waals surface area contributed by atoms with Gasteiger partial charge >= 0.3 is 6.18 Å². The molecule has 0 aliphatic carbocycles. The minimum absolute atomic E-state index is 0.151. The standard InChI is InChI=1S/C14H17F3N2O2/c15-14(16,17)11-5-1-4-10(12(11)18)13(20)19-7-9-3-2-6-21-8-9/h1,4-5,9H,2-3,6-8,18H2,(H,19,20). The summed E-state index contributed by atoms with van der Waals surface area (Å²) >= 11 is 0. The molecule has 1 aromatic rings. The van der Waals surface area contributed by atoms with Crippen molar-refractivity contribution in [2.45, 2.75) is 19.0 Å². The van der Waals surface area contributed by atoms with Crippen LogP contribution in [0.5, 0.6) is 0 Å². The quantitative estimate of drug-likeness (QED) is 0.843. The first-order chi connectivity index (χ1) is 9.89. The molecule has 1 atom stereocenters. The molecule has 3 N–H and O–H groups in total. The Bertz CT molecular complexity index is 511. The molecule has 0 bridgehead atoms. The topological polar surface area (TPSA) is 64.4 Å². The van der Waals surface area contributed by atoms with Gasteiger partial charge in [0.05, 0.1) is 23.4 Å². The predicted molar refractivity (Wildman–Crippen MR) is 71.7 cm³/mol. The third-order valence-corrected chi connectivity index (χ3v) is 3.46. The molecule has 1 unspecified atom stereocenters. The minimum Gasteiger partial charge on any atom is -0.398 e. The van der Waals surface area contributed by atoms with Gasteiger partial charge in [0, 0.05) is 13.2 Å². The number of halogens is 3. The van der Waals surface area contributed by atoms with E-state index in [-0.39, 0.29) is 11.5 Å². The molecule has 1 heterocycles. The number of nitrogens with two attached hydrogens (primary N) is 1. The van der Waals surface area contributed by atoms with Crippen molar-refractivity contribution in [2.75, 3.05) is 25.5 Å². The fourth-order valence-corrected chi connectivity index (χ4v) is 2.31. The Morgan fingerprint density at radius 2 is 2.19 bits per heavy atom. The van der Waals surface area contributed by atoms with Crippen LogP contribution < -0.4 is 11.1 Å². The summed E-state index contributed by atoms with van der Waals surface area (Å²) in [5.41, 5.74) is 3.79. The predicted octanol–water partition coefficient (Wildman–Crippen LogP) is 2.44. The summed E-state index contributed by atoms with van der Waals surface area (Å²) < 4.78 is 43.5. The lowest BCUT2D eigenvalue weighted by atomic mass is 10.0. The third-order valence-electron chi connectivity index (χ3n) is 3.46. The largest absolute Gasteiger partial charge is 0.418 e. The smallest absolute Gasteiger partial charge is 0.398 e. The van der Waals surface area contributed by atoms with Gasteiger partial charge in [0.2, 0.25) is 0 Å². The van der Waals surface area contributed by atoms with Crippen LogP contribution in [0.2, 0.25) is 0 Å². The molecule has 1 fully saturated rings. The number of nitrogens with one attached hydrogen (secondary N) is 1. The zero-order valence-corrected chi connectivity index (χ0v) is 11.4. The molecule has 116 valence electrons. The molecule has 7 heteroatoms. The van der Waals surface area contributed by atoms with Gasteiger partial charge in [-0.3, -0.25) is 4.79 Å². The molecule has 1 aliphatic heterocycles. The van der Waals surface area contributed by atoms with Gasteiger partial charge in [-0.05, 0) is 30.9 Å². The number of ether oxygens (including phenoxy) is 1. The van der Waals surface area contributed by atoms with E-state index in [2.05, 4.69) is 5.32 Å². The molecule has 1 aliphatic rings. The van der Waals surface area contributed by atoms with E-state index in [1.165, 1.54) is 12.1 Å². The zero-order valence-electron chi connectivity index (χ0n) is 11.4. The summed E-state index contributed by atoms with van der Waals surface area (Å²) in [5.74, 6) is -0.404. The molecule has 4 nitrogen and oxygen atoms in total. The van der Waals surface area contributed by atoms with E-state index in [4.69, 9.17) is 10.5 Å². The number of carbonyl (C=O) groups excluding carboxylic acids is 1. The van der Waals surface area contributed by atoms with Gasteiger partial charge in [-0.25, -0.2) is 0 Å². The van der Waals surface area contributed by atoms with Crippen LogP contribution in [0.1, 0.15) is 28.8 Å². The van der Waals surface area contributed by atoms with Crippen LogP contribution in [-0.2, 0) is 10.9 Å². The van der Waals surface area contributed by atoms with Crippen LogP contribution >= 0.6 is 0 Å². The van der Waals surface area contributed by atoms with Gasteiger partial charge in [0.15, 0.2) is 0 Å². The van der Waals surface area contributed by atoms with Crippen molar-refractivity contribution in [3.05, 3.63) is 29.3 Å². The van der Waals surface area contributed by atoms with Crippen molar-refractivity contribution in [1.29, 1.82) is 0 Å². The Kier molecular flexibility index (Phi) is 4.72. The second kappa shape index (κ2) is 6.34. The lowest BCUT2D eigenvalue weighted by Crippen LogP contribution is -2.33. The normalized spacial score (nSPS) is 19.3. The third kappa shape index (κ3) is 3.87. The SMILES string of the molecule is Nc1c(C(=O)NCC2CCCOC2)cccc1C(F)(F)F. The van der Waals surface area contributed by atoms with E-state index in [1.54, 1.807) is 0 Å². The van der Waals surface area contributed by atoms with Gasteiger partial charge in [-0.1, -0.05) is 6.07 Å². The Balaban J connectivity index is 2.05. The average Bonchev–Trinajstić information content (AvgIpc) is 2.45. The second-order valence-corrected chi connectivity index (χ2v) is 5.06. The highest BCUT2D eigenvalue weighted by atomic mass is 19.4. The number of amides is 1. The van der Waals surface area contributed by atoms with Crippen LogP contribution in [0.4, 0.5) is 18.9 Å². The average molecular weight is 302 g/mol. The van der Waals surface area contributed by atoms with Crippen molar-refractivity contribution in [3.63, 3.8) is 0 Å². The fourth-order valence-electron chi connectivity index (χ4n) is 2.31. The molecule has 1 saturated heterocycles. The van der Waals surface area contributed by atoms with E-state index in [0.717, 1.165) is 18.9 Å². The molecule has 0 saturated carbocycles. The summed E-state index contributed by atoms with van der Waals surface area (Å²) in [6.45, 7) is 1.64. The number of carbonyl (C=O) groups is 1. The molecule has 1 aromatic carbocycles. The fraction of sp³-hybridized carbons (Fsp3) is 0.500. The molecule has 1 amide bonds. The van der Waals surface area contributed by atoms with Crippen LogP contribution in [0.15, 0.2) is 18.2 Å². The molecule has 21 heavy (non-hydrogen) atoms. The number of nitrogen functional groups attached to an aromatic ring is 1. The Morgan fingerprint density at radius 3 is 2.81 bits per heavy atom. The van der Waals surface area contributed by atoms with Gasteiger partial charge in [0.1, 0.15) is 0 Å². The Labute approximate surface area is 120 Å². The summed E-state index contributed by atoms with van der Waals surface area (Å²) in [6.07, 6.45) is -2.72.